The Morgan fingerprint density at radius 1 is 0.909 bits per heavy atom. The minimum Gasteiger partial charge on any atom is -0.496 e. The number of para-hydroxylation sites is 1. The van der Waals surface area contributed by atoms with Crippen molar-refractivity contribution in [1.29, 1.82) is 0 Å². The highest BCUT2D eigenvalue weighted by atomic mass is 16.5. The highest BCUT2D eigenvalue weighted by molar-refractivity contribution is 6.17. The number of fused-ring (bicyclic) bond motifs is 2. The summed E-state index contributed by atoms with van der Waals surface area (Å²) in [6.45, 7) is 4.80. The van der Waals surface area contributed by atoms with E-state index >= 15 is 0 Å². The number of hydrogen-bond donors (Lipinski definition) is 0. The van der Waals surface area contributed by atoms with Crippen LogP contribution in [0, 0.1) is 0 Å². The van der Waals surface area contributed by atoms with Gasteiger partial charge >= 0.3 is 11.3 Å². The Morgan fingerprint density at radius 3 is 2.27 bits per heavy atom. The molecule has 4 aromatic rings. The van der Waals surface area contributed by atoms with E-state index in [-0.39, 0.29) is 16.7 Å². The summed E-state index contributed by atoms with van der Waals surface area (Å²) in [6, 6.07) is 11.5. The zero-order chi connectivity index (χ0) is 23.7. The van der Waals surface area contributed by atoms with Crippen LogP contribution < -0.4 is 25.6 Å². The second-order valence-corrected chi connectivity index (χ2v) is 7.30. The molecule has 0 saturated heterocycles. The van der Waals surface area contributed by atoms with Crippen LogP contribution in [0.3, 0.4) is 0 Å². The van der Waals surface area contributed by atoms with Crippen molar-refractivity contribution in [2.24, 2.45) is 0 Å². The largest absolute Gasteiger partial charge is 0.496 e. The molecule has 0 bridgehead atoms. The van der Waals surface area contributed by atoms with E-state index in [0.717, 1.165) is 0 Å². The van der Waals surface area contributed by atoms with Gasteiger partial charge in [-0.2, -0.15) is 0 Å². The van der Waals surface area contributed by atoms with E-state index in [4.69, 9.17) is 18.3 Å². The predicted molar refractivity (Wildman–Crippen MR) is 125 cm³/mol. The van der Waals surface area contributed by atoms with E-state index in [1.807, 2.05) is 18.7 Å². The Hall–Kier alpha value is -4.07. The maximum atomic E-state index is 13.6. The number of rotatable bonds is 7. The molecule has 2 aromatic carbocycles. The van der Waals surface area contributed by atoms with Crippen LogP contribution >= 0.6 is 0 Å². The summed E-state index contributed by atoms with van der Waals surface area (Å²) >= 11 is 0. The zero-order valence-corrected chi connectivity index (χ0v) is 18.8. The molecule has 4 rings (SSSR count). The summed E-state index contributed by atoms with van der Waals surface area (Å²) in [5.41, 5.74) is -1.30. The topological polar surface area (TPSA) is 99.2 Å². The first-order valence-electron chi connectivity index (χ1n) is 10.5. The van der Waals surface area contributed by atoms with Crippen LogP contribution in [-0.2, 0) is 0 Å². The Morgan fingerprint density at radius 2 is 1.61 bits per heavy atom. The summed E-state index contributed by atoms with van der Waals surface area (Å²) in [7, 11) is 2.96. The van der Waals surface area contributed by atoms with Crippen LogP contribution in [-0.4, -0.2) is 33.1 Å². The molecule has 170 valence electrons. The lowest BCUT2D eigenvalue weighted by molar-refractivity contribution is 0.103. The van der Waals surface area contributed by atoms with Crippen molar-refractivity contribution in [1.82, 2.24) is 0 Å². The third-order valence-electron chi connectivity index (χ3n) is 5.57. The van der Waals surface area contributed by atoms with Gasteiger partial charge in [-0.05, 0) is 26.0 Å². The third kappa shape index (κ3) is 3.73. The molecule has 0 radical (unpaired) electrons. The standard InChI is InChI=1S/C25H23NO7/c1-5-26(6-2)22-20-18(31-4)12-15(30-3)13-19(20)33-25(29)21(22)23(27)16-11-14-9-7-8-10-17(14)32-24(16)28/h7-13H,5-6H2,1-4H3. The molecule has 0 aliphatic rings. The van der Waals surface area contributed by atoms with Crippen molar-refractivity contribution in [3.8, 4) is 11.5 Å². The average molecular weight is 449 g/mol. The Labute approximate surface area is 188 Å². The van der Waals surface area contributed by atoms with Gasteiger partial charge in [-0.3, -0.25) is 4.79 Å². The molecule has 0 spiro atoms. The number of hydrogen-bond acceptors (Lipinski definition) is 8. The van der Waals surface area contributed by atoms with E-state index in [9.17, 15) is 14.4 Å². The zero-order valence-electron chi connectivity index (χ0n) is 18.8. The van der Waals surface area contributed by atoms with Crippen LogP contribution in [0.2, 0.25) is 0 Å². The Balaban J connectivity index is 2.09. The summed E-state index contributed by atoms with van der Waals surface area (Å²) in [4.78, 5) is 41.3. The van der Waals surface area contributed by atoms with E-state index < -0.39 is 17.0 Å². The number of carbonyl (C=O) groups excluding carboxylic acids is 1. The van der Waals surface area contributed by atoms with Crippen molar-refractivity contribution in [2.45, 2.75) is 13.8 Å². The fourth-order valence-corrected chi connectivity index (χ4v) is 3.94. The molecule has 2 heterocycles. The number of ether oxygens (including phenoxy) is 2. The summed E-state index contributed by atoms with van der Waals surface area (Å²) < 4.78 is 21.7. The van der Waals surface area contributed by atoms with Crippen molar-refractivity contribution < 1.29 is 23.1 Å². The molecular formula is C25H23NO7. The van der Waals surface area contributed by atoms with Crippen molar-refractivity contribution in [3.05, 3.63) is 74.4 Å². The highest BCUT2D eigenvalue weighted by Crippen LogP contribution is 2.39. The molecule has 8 heteroatoms. The fraction of sp³-hybridized carbons (Fsp3) is 0.240. The van der Waals surface area contributed by atoms with Gasteiger partial charge in [0.05, 0.1) is 25.3 Å². The molecule has 2 aromatic heterocycles. The number of ketones is 1. The molecule has 0 fully saturated rings. The molecule has 0 saturated carbocycles. The molecule has 0 aliphatic carbocycles. The van der Waals surface area contributed by atoms with E-state index in [0.29, 0.717) is 46.6 Å². The van der Waals surface area contributed by atoms with Gasteiger partial charge in [0.25, 0.3) is 0 Å². The minimum absolute atomic E-state index is 0.209. The first-order chi connectivity index (χ1) is 15.9. The highest BCUT2D eigenvalue weighted by Gasteiger charge is 2.29. The van der Waals surface area contributed by atoms with Gasteiger partial charge in [0.2, 0.25) is 5.78 Å². The van der Waals surface area contributed by atoms with Crippen molar-refractivity contribution >= 4 is 33.4 Å². The maximum absolute atomic E-state index is 13.6. The molecule has 0 amide bonds. The molecule has 33 heavy (non-hydrogen) atoms. The van der Waals surface area contributed by atoms with Gasteiger partial charge in [-0.25, -0.2) is 9.59 Å². The van der Waals surface area contributed by atoms with Gasteiger partial charge in [0, 0.05) is 30.6 Å². The second-order valence-electron chi connectivity index (χ2n) is 7.30. The first kappa shape index (κ1) is 22.1. The summed E-state index contributed by atoms with van der Waals surface area (Å²) in [5.74, 6) is 0.0294. The van der Waals surface area contributed by atoms with Gasteiger partial charge < -0.3 is 23.2 Å². The number of methoxy groups -OCH3 is 2. The molecule has 0 atom stereocenters. The maximum Gasteiger partial charge on any atom is 0.349 e. The summed E-state index contributed by atoms with van der Waals surface area (Å²) in [5, 5.41) is 1.01. The first-order valence-corrected chi connectivity index (χ1v) is 10.5. The van der Waals surface area contributed by atoms with Crippen LogP contribution in [0.15, 0.2) is 60.9 Å². The molecule has 0 aliphatic heterocycles. The molecule has 0 unspecified atom stereocenters. The molecule has 0 N–H and O–H groups in total. The monoisotopic (exact) mass is 449 g/mol. The fourth-order valence-electron chi connectivity index (χ4n) is 3.94. The van der Waals surface area contributed by atoms with Crippen LogP contribution in [0.4, 0.5) is 5.69 Å². The third-order valence-corrected chi connectivity index (χ3v) is 5.57. The lowest BCUT2D eigenvalue weighted by atomic mass is 10.00. The normalized spacial score (nSPS) is 11.0. The lowest BCUT2D eigenvalue weighted by Gasteiger charge is -2.25. The van der Waals surface area contributed by atoms with Crippen molar-refractivity contribution in [3.63, 3.8) is 0 Å². The van der Waals surface area contributed by atoms with Crippen LogP contribution in [0.5, 0.6) is 11.5 Å². The molecule has 8 nitrogen and oxygen atoms in total. The van der Waals surface area contributed by atoms with E-state index in [2.05, 4.69) is 0 Å². The number of benzene rings is 2. The average Bonchev–Trinajstić information content (AvgIpc) is 2.82. The summed E-state index contributed by atoms with van der Waals surface area (Å²) in [6.07, 6.45) is 0. The van der Waals surface area contributed by atoms with E-state index in [1.165, 1.54) is 20.3 Å². The van der Waals surface area contributed by atoms with Gasteiger partial charge in [0.1, 0.15) is 33.8 Å². The Bertz CT molecular complexity index is 1480. The number of carbonyl (C=O) groups is 1. The Kier molecular flexibility index (Phi) is 5.91. The smallest absolute Gasteiger partial charge is 0.349 e. The number of anilines is 1. The SMILES string of the molecule is CCN(CC)c1c(C(=O)c2cc3ccccc3oc2=O)c(=O)oc2cc(OC)cc(OC)c12. The van der Waals surface area contributed by atoms with Crippen LogP contribution in [0.25, 0.3) is 21.9 Å². The second kappa shape index (κ2) is 8.82. The lowest BCUT2D eigenvalue weighted by Crippen LogP contribution is -2.30. The predicted octanol–water partition coefficient (Wildman–Crippen LogP) is 3.99. The van der Waals surface area contributed by atoms with E-state index in [1.54, 1.807) is 36.4 Å². The van der Waals surface area contributed by atoms with Gasteiger partial charge in [0.15, 0.2) is 0 Å². The van der Waals surface area contributed by atoms with Gasteiger partial charge in [-0.1, -0.05) is 18.2 Å². The van der Waals surface area contributed by atoms with Crippen molar-refractivity contribution in [2.75, 3.05) is 32.2 Å². The molecular weight excluding hydrogens is 426 g/mol. The quantitative estimate of drug-likeness (QED) is 0.308. The van der Waals surface area contributed by atoms with Crippen LogP contribution in [0.1, 0.15) is 29.8 Å². The van der Waals surface area contributed by atoms with Gasteiger partial charge in [-0.15, -0.1) is 0 Å². The number of nitrogens with zero attached hydrogens (tertiary/aromatic N) is 1. The minimum atomic E-state index is -0.864.